The molecular weight excluding hydrogens is 246 g/mol. The number of rotatable bonds is 6. The van der Waals surface area contributed by atoms with Crippen LogP contribution in [0.25, 0.3) is 0 Å². The van der Waals surface area contributed by atoms with Crippen LogP contribution in [0.2, 0.25) is 5.02 Å². The molecule has 1 N–H and O–H groups in total. The number of halogens is 1. The second kappa shape index (κ2) is 6.44. The van der Waals surface area contributed by atoms with E-state index in [2.05, 4.69) is 33.0 Å². The Labute approximate surface area is 116 Å². The standard InChI is InChI=1S/C15H24ClNO/c1-11(2)9-17-10-15(3,4)13-8-12(16)6-7-14(13)18-5/h6-8,11,17H,9-10H2,1-5H3. The Kier molecular flexibility index (Phi) is 5.48. The zero-order valence-electron chi connectivity index (χ0n) is 12.0. The van der Waals surface area contributed by atoms with Crippen LogP contribution in [0.1, 0.15) is 33.3 Å². The zero-order chi connectivity index (χ0) is 13.8. The number of hydrogen-bond acceptors (Lipinski definition) is 2. The smallest absolute Gasteiger partial charge is 0.122 e. The molecule has 0 spiro atoms. The molecule has 0 radical (unpaired) electrons. The minimum Gasteiger partial charge on any atom is -0.496 e. The van der Waals surface area contributed by atoms with Gasteiger partial charge in [-0.25, -0.2) is 0 Å². The lowest BCUT2D eigenvalue weighted by Gasteiger charge is -2.28. The molecule has 0 aliphatic carbocycles. The molecule has 3 heteroatoms. The fourth-order valence-electron chi connectivity index (χ4n) is 1.98. The molecule has 0 unspecified atom stereocenters. The van der Waals surface area contributed by atoms with E-state index in [1.54, 1.807) is 7.11 Å². The summed E-state index contributed by atoms with van der Waals surface area (Å²) in [5.74, 6) is 1.55. The fraction of sp³-hybridized carbons (Fsp3) is 0.600. The van der Waals surface area contributed by atoms with Gasteiger partial charge >= 0.3 is 0 Å². The van der Waals surface area contributed by atoms with Crippen LogP contribution in [0.3, 0.4) is 0 Å². The fourth-order valence-corrected chi connectivity index (χ4v) is 2.15. The summed E-state index contributed by atoms with van der Waals surface area (Å²) in [6.45, 7) is 10.7. The minimum atomic E-state index is -0.00880. The predicted molar refractivity (Wildman–Crippen MR) is 78.7 cm³/mol. The first-order chi connectivity index (χ1) is 8.36. The number of ether oxygens (including phenoxy) is 1. The third kappa shape index (κ3) is 4.18. The van der Waals surface area contributed by atoms with Crippen molar-refractivity contribution in [3.63, 3.8) is 0 Å². The molecule has 0 amide bonds. The Bertz CT molecular complexity index is 388. The van der Waals surface area contributed by atoms with Crippen molar-refractivity contribution in [2.75, 3.05) is 20.2 Å². The maximum absolute atomic E-state index is 6.09. The van der Waals surface area contributed by atoms with Crippen molar-refractivity contribution in [2.45, 2.75) is 33.1 Å². The molecule has 0 aromatic heterocycles. The van der Waals surface area contributed by atoms with E-state index in [1.807, 2.05) is 18.2 Å². The van der Waals surface area contributed by atoms with Gasteiger partial charge in [0.05, 0.1) is 7.11 Å². The lowest BCUT2D eigenvalue weighted by Crippen LogP contribution is -2.35. The van der Waals surface area contributed by atoms with Gasteiger partial charge in [-0.1, -0.05) is 39.3 Å². The summed E-state index contributed by atoms with van der Waals surface area (Å²) in [6, 6.07) is 5.79. The third-order valence-electron chi connectivity index (χ3n) is 3.01. The van der Waals surface area contributed by atoms with E-state index in [-0.39, 0.29) is 5.41 Å². The Balaban J connectivity index is 2.85. The first-order valence-corrected chi connectivity index (χ1v) is 6.79. The van der Waals surface area contributed by atoms with Gasteiger partial charge in [-0.3, -0.25) is 0 Å². The molecule has 0 aliphatic rings. The van der Waals surface area contributed by atoms with Crippen LogP contribution in [-0.2, 0) is 5.41 Å². The zero-order valence-corrected chi connectivity index (χ0v) is 12.8. The molecule has 102 valence electrons. The molecule has 0 heterocycles. The molecule has 0 aliphatic heterocycles. The lowest BCUT2D eigenvalue weighted by molar-refractivity contribution is 0.382. The van der Waals surface area contributed by atoms with Crippen LogP contribution in [0, 0.1) is 5.92 Å². The average molecular weight is 270 g/mol. The van der Waals surface area contributed by atoms with Crippen molar-refractivity contribution < 1.29 is 4.74 Å². The summed E-state index contributed by atoms with van der Waals surface area (Å²) in [5.41, 5.74) is 1.14. The maximum atomic E-state index is 6.09. The van der Waals surface area contributed by atoms with Crippen molar-refractivity contribution in [1.82, 2.24) is 5.32 Å². The third-order valence-corrected chi connectivity index (χ3v) is 3.25. The Hall–Kier alpha value is -0.730. The molecule has 0 saturated carbocycles. The van der Waals surface area contributed by atoms with Gasteiger partial charge in [0, 0.05) is 22.5 Å². The van der Waals surface area contributed by atoms with Crippen molar-refractivity contribution in [2.24, 2.45) is 5.92 Å². The van der Waals surface area contributed by atoms with Crippen LogP contribution in [0.5, 0.6) is 5.75 Å². The van der Waals surface area contributed by atoms with Gasteiger partial charge in [-0.2, -0.15) is 0 Å². The van der Waals surface area contributed by atoms with E-state index in [1.165, 1.54) is 0 Å². The van der Waals surface area contributed by atoms with Crippen LogP contribution in [0.4, 0.5) is 0 Å². The normalized spacial score (nSPS) is 11.9. The van der Waals surface area contributed by atoms with E-state index in [4.69, 9.17) is 16.3 Å². The Morgan fingerprint density at radius 1 is 1.33 bits per heavy atom. The summed E-state index contributed by atoms with van der Waals surface area (Å²) >= 11 is 6.09. The summed E-state index contributed by atoms with van der Waals surface area (Å²) < 4.78 is 5.43. The average Bonchev–Trinajstić information content (AvgIpc) is 2.28. The second-order valence-electron chi connectivity index (χ2n) is 5.75. The van der Waals surface area contributed by atoms with E-state index in [9.17, 15) is 0 Å². The van der Waals surface area contributed by atoms with Crippen LogP contribution in [0.15, 0.2) is 18.2 Å². The highest BCUT2D eigenvalue weighted by molar-refractivity contribution is 6.30. The van der Waals surface area contributed by atoms with Crippen molar-refractivity contribution in [3.05, 3.63) is 28.8 Å². The van der Waals surface area contributed by atoms with E-state index in [0.29, 0.717) is 5.92 Å². The summed E-state index contributed by atoms with van der Waals surface area (Å²) in [4.78, 5) is 0. The number of benzene rings is 1. The molecule has 1 aromatic rings. The summed E-state index contributed by atoms with van der Waals surface area (Å²) in [5, 5.41) is 4.25. The summed E-state index contributed by atoms with van der Waals surface area (Å²) in [7, 11) is 1.70. The molecule has 0 fully saturated rings. The highest BCUT2D eigenvalue weighted by Crippen LogP contribution is 2.33. The number of nitrogens with one attached hydrogen (secondary N) is 1. The quantitative estimate of drug-likeness (QED) is 0.846. The second-order valence-corrected chi connectivity index (χ2v) is 6.19. The Morgan fingerprint density at radius 3 is 2.56 bits per heavy atom. The molecule has 0 bridgehead atoms. The van der Waals surface area contributed by atoms with Gasteiger partial charge in [0.2, 0.25) is 0 Å². The molecular formula is C15H24ClNO. The van der Waals surface area contributed by atoms with Crippen LogP contribution >= 0.6 is 11.6 Å². The molecule has 0 atom stereocenters. The first kappa shape index (κ1) is 15.3. The molecule has 1 rings (SSSR count). The highest BCUT2D eigenvalue weighted by atomic mass is 35.5. The maximum Gasteiger partial charge on any atom is 0.122 e. The SMILES string of the molecule is COc1ccc(Cl)cc1C(C)(C)CNCC(C)C. The Morgan fingerprint density at radius 2 is 2.00 bits per heavy atom. The van der Waals surface area contributed by atoms with E-state index < -0.39 is 0 Å². The van der Waals surface area contributed by atoms with Gasteiger partial charge < -0.3 is 10.1 Å². The van der Waals surface area contributed by atoms with E-state index in [0.717, 1.165) is 29.4 Å². The lowest BCUT2D eigenvalue weighted by atomic mass is 9.84. The molecule has 0 saturated heterocycles. The predicted octanol–water partition coefficient (Wildman–Crippen LogP) is 3.87. The molecule has 2 nitrogen and oxygen atoms in total. The minimum absolute atomic E-state index is 0.00880. The van der Waals surface area contributed by atoms with Gasteiger partial charge in [0.25, 0.3) is 0 Å². The molecule has 1 aromatic carbocycles. The van der Waals surface area contributed by atoms with Gasteiger partial charge in [0.15, 0.2) is 0 Å². The largest absolute Gasteiger partial charge is 0.496 e. The van der Waals surface area contributed by atoms with Crippen molar-refractivity contribution >= 4 is 11.6 Å². The topological polar surface area (TPSA) is 21.3 Å². The first-order valence-electron chi connectivity index (χ1n) is 6.41. The van der Waals surface area contributed by atoms with Crippen LogP contribution in [-0.4, -0.2) is 20.2 Å². The van der Waals surface area contributed by atoms with Crippen LogP contribution < -0.4 is 10.1 Å². The van der Waals surface area contributed by atoms with Gasteiger partial charge in [-0.15, -0.1) is 0 Å². The van der Waals surface area contributed by atoms with E-state index >= 15 is 0 Å². The van der Waals surface area contributed by atoms with Crippen molar-refractivity contribution in [1.29, 1.82) is 0 Å². The monoisotopic (exact) mass is 269 g/mol. The molecule has 18 heavy (non-hydrogen) atoms. The number of methoxy groups -OCH3 is 1. The van der Waals surface area contributed by atoms with Gasteiger partial charge in [-0.05, 0) is 30.7 Å². The van der Waals surface area contributed by atoms with Gasteiger partial charge in [0.1, 0.15) is 5.75 Å². The number of hydrogen-bond donors (Lipinski definition) is 1. The highest BCUT2D eigenvalue weighted by Gasteiger charge is 2.24. The summed E-state index contributed by atoms with van der Waals surface area (Å²) in [6.07, 6.45) is 0. The van der Waals surface area contributed by atoms with Crippen molar-refractivity contribution in [3.8, 4) is 5.75 Å².